The molecular formula is C25H25F2N3O5. The van der Waals surface area contributed by atoms with Crippen LogP contribution in [0.25, 0.3) is 11.1 Å². The molecule has 2 aromatic carbocycles. The van der Waals surface area contributed by atoms with Gasteiger partial charge in [0.25, 0.3) is 5.91 Å². The van der Waals surface area contributed by atoms with Crippen molar-refractivity contribution in [2.75, 3.05) is 25.0 Å². The minimum atomic E-state index is -3.43. The van der Waals surface area contributed by atoms with E-state index in [4.69, 9.17) is 9.84 Å². The average Bonchev–Trinajstić information content (AvgIpc) is 3.70. The maximum atomic E-state index is 14.7. The van der Waals surface area contributed by atoms with Crippen LogP contribution < -0.4 is 10.1 Å². The lowest BCUT2D eigenvalue weighted by molar-refractivity contribution is -0.167. The number of anilines is 1. The third-order valence-electron chi connectivity index (χ3n) is 6.08. The van der Waals surface area contributed by atoms with Crippen molar-refractivity contribution >= 4 is 17.5 Å². The Kier molecular flexibility index (Phi) is 7.00. The van der Waals surface area contributed by atoms with Gasteiger partial charge in [0.2, 0.25) is 5.91 Å². The predicted octanol–water partition coefficient (Wildman–Crippen LogP) is 2.54. The van der Waals surface area contributed by atoms with Crippen LogP contribution in [0.3, 0.4) is 0 Å². The number of alkyl halides is 2. The third kappa shape index (κ3) is 5.58. The minimum absolute atomic E-state index is 0.00529. The van der Waals surface area contributed by atoms with Crippen molar-refractivity contribution in [2.45, 2.75) is 37.4 Å². The van der Waals surface area contributed by atoms with E-state index in [1.54, 1.807) is 24.3 Å². The van der Waals surface area contributed by atoms with E-state index in [0.29, 0.717) is 11.3 Å². The number of piperidine rings is 1. The first-order valence-electron chi connectivity index (χ1n) is 11.3. The molecule has 1 aliphatic heterocycles. The fraction of sp³-hybridized carbons (Fsp3) is 0.400. The van der Waals surface area contributed by atoms with Gasteiger partial charge in [-0.2, -0.15) is 5.26 Å². The van der Waals surface area contributed by atoms with Gasteiger partial charge in [-0.05, 0) is 48.2 Å². The molecule has 1 aliphatic carbocycles. The molecule has 0 unspecified atom stereocenters. The van der Waals surface area contributed by atoms with E-state index >= 15 is 0 Å². The molecule has 3 N–H and O–H groups in total. The number of benzene rings is 2. The number of aliphatic hydroxyl groups is 2. The van der Waals surface area contributed by atoms with Crippen molar-refractivity contribution in [3.63, 3.8) is 0 Å². The monoisotopic (exact) mass is 485 g/mol. The summed E-state index contributed by atoms with van der Waals surface area (Å²) in [6, 6.07) is 13.7. The standard InChI is InChI=1S/C25H25F2N3O5/c26-25(27)14-30(24(34)20(32)13-31)9-8-22(25)35-21-7-6-17(10-18(21)12-28)16-2-1-3-19(11-16)29-23(33)15-4-5-15/h1-3,6-7,10-11,15,20,22,31-32H,4-5,8-9,13-14H2,(H,29,33)/t20-,22-/m0/s1. The molecule has 0 radical (unpaired) electrons. The Morgan fingerprint density at radius 1 is 1.20 bits per heavy atom. The number of hydrogen-bond donors (Lipinski definition) is 3. The number of nitrogens with one attached hydrogen (secondary N) is 1. The first kappa shape index (κ1) is 24.6. The van der Waals surface area contributed by atoms with Gasteiger partial charge in [0.05, 0.1) is 18.7 Å². The number of hydrogen-bond acceptors (Lipinski definition) is 6. The highest BCUT2D eigenvalue weighted by Crippen LogP contribution is 2.35. The summed E-state index contributed by atoms with van der Waals surface area (Å²) in [6.07, 6.45) is -1.76. The molecule has 2 amide bonds. The molecule has 1 saturated heterocycles. The lowest BCUT2D eigenvalue weighted by Gasteiger charge is -2.38. The zero-order valence-corrected chi connectivity index (χ0v) is 18.8. The summed E-state index contributed by atoms with van der Waals surface area (Å²) >= 11 is 0. The lowest BCUT2D eigenvalue weighted by atomic mass is 10.0. The number of nitriles is 1. The number of carbonyl (C=O) groups is 2. The van der Waals surface area contributed by atoms with Gasteiger partial charge >= 0.3 is 5.92 Å². The number of rotatable bonds is 7. The molecule has 8 nitrogen and oxygen atoms in total. The fourth-order valence-electron chi connectivity index (χ4n) is 3.96. The molecule has 0 spiro atoms. The summed E-state index contributed by atoms with van der Waals surface area (Å²) in [5.41, 5.74) is 2.09. The highest BCUT2D eigenvalue weighted by atomic mass is 19.3. The molecule has 4 rings (SSSR count). The Hall–Kier alpha value is -3.55. The van der Waals surface area contributed by atoms with Crippen molar-refractivity contribution in [1.29, 1.82) is 5.26 Å². The van der Waals surface area contributed by atoms with E-state index in [0.717, 1.165) is 23.3 Å². The van der Waals surface area contributed by atoms with Gasteiger partial charge < -0.3 is 25.2 Å². The minimum Gasteiger partial charge on any atom is -0.483 e. The van der Waals surface area contributed by atoms with Crippen LogP contribution in [0.2, 0.25) is 0 Å². The second-order valence-electron chi connectivity index (χ2n) is 8.78. The summed E-state index contributed by atoms with van der Waals surface area (Å²) in [4.78, 5) is 24.8. The molecule has 2 atom stereocenters. The van der Waals surface area contributed by atoms with Crippen LogP contribution in [0.15, 0.2) is 42.5 Å². The van der Waals surface area contributed by atoms with E-state index in [-0.39, 0.29) is 36.1 Å². The fourth-order valence-corrected chi connectivity index (χ4v) is 3.96. The van der Waals surface area contributed by atoms with Gasteiger partial charge in [0, 0.05) is 24.6 Å². The van der Waals surface area contributed by atoms with Gasteiger partial charge in [0.15, 0.2) is 12.2 Å². The van der Waals surface area contributed by atoms with E-state index < -0.39 is 37.2 Å². The van der Waals surface area contributed by atoms with Crippen LogP contribution in [-0.2, 0) is 9.59 Å². The predicted molar refractivity (Wildman–Crippen MR) is 122 cm³/mol. The summed E-state index contributed by atoms with van der Waals surface area (Å²) in [7, 11) is 0. The summed E-state index contributed by atoms with van der Waals surface area (Å²) in [5, 5.41) is 30.8. The summed E-state index contributed by atoms with van der Waals surface area (Å²) < 4.78 is 35.0. The quantitative estimate of drug-likeness (QED) is 0.554. The number of carbonyl (C=O) groups excluding carboxylic acids is 2. The number of ether oxygens (including phenoxy) is 1. The molecule has 0 bridgehead atoms. The maximum Gasteiger partial charge on any atom is 0.301 e. The van der Waals surface area contributed by atoms with E-state index in [2.05, 4.69) is 5.32 Å². The summed E-state index contributed by atoms with van der Waals surface area (Å²) in [6.45, 7) is -1.91. The Labute approximate surface area is 200 Å². The number of amides is 2. The lowest BCUT2D eigenvalue weighted by Crippen LogP contribution is -2.57. The van der Waals surface area contributed by atoms with Gasteiger partial charge in [-0.25, -0.2) is 8.78 Å². The zero-order chi connectivity index (χ0) is 25.2. The Morgan fingerprint density at radius 2 is 1.94 bits per heavy atom. The van der Waals surface area contributed by atoms with Crippen LogP contribution in [0.5, 0.6) is 5.75 Å². The van der Waals surface area contributed by atoms with Crippen LogP contribution in [0.1, 0.15) is 24.8 Å². The Balaban J connectivity index is 1.48. The second-order valence-corrected chi connectivity index (χ2v) is 8.78. The molecule has 2 aliphatic rings. The van der Waals surface area contributed by atoms with Crippen LogP contribution in [0.4, 0.5) is 14.5 Å². The normalized spacial score (nSPS) is 20.0. The van der Waals surface area contributed by atoms with Crippen molar-refractivity contribution < 1.29 is 33.3 Å². The molecule has 1 heterocycles. The molecule has 10 heteroatoms. The average molecular weight is 485 g/mol. The van der Waals surface area contributed by atoms with Gasteiger partial charge in [-0.3, -0.25) is 9.59 Å². The molecular weight excluding hydrogens is 460 g/mol. The molecule has 35 heavy (non-hydrogen) atoms. The van der Waals surface area contributed by atoms with Gasteiger partial charge in [-0.1, -0.05) is 18.2 Å². The number of nitrogens with zero attached hydrogens (tertiary/aromatic N) is 2. The van der Waals surface area contributed by atoms with Crippen LogP contribution in [-0.4, -0.2) is 64.8 Å². The van der Waals surface area contributed by atoms with Gasteiger partial charge in [-0.15, -0.1) is 0 Å². The third-order valence-corrected chi connectivity index (χ3v) is 6.08. The highest BCUT2D eigenvalue weighted by Gasteiger charge is 2.48. The van der Waals surface area contributed by atoms with E-state index in [1.165, 1.54) is 12.1 Å². The highest BCUT2D eigenvalue weighted by molar-refractivity contribution is 5.94. The van der Waals surface area contributed by atoms with Gasteiger partial charge in [0.1, 0.15) is 11.8 Å². The molecule has 2 fully saturated rings. The van der Waals surface area contributed by atoms with Crippen molar-refractivity contribution in [3.05, 3.63) is 48.0 Å². The van der Waals surface area contributed by atoms with E-state index in [1.807, 2.05) is 12.1 Å². The van der Waals surface area contributed by atoms with Crippen molar-refractivity contribution in [1.82, 2.24) is 4.90 Å². The number of aliphatic hydroxyl groups excluding tert-OH is 2. The number of likely N-dealkylation sites (tertiary alicyclic amines) is 1. The summed E-state index contributed by atoms with van der Waals surface area (Å²) in [5.74, 6) is -4.37. The zero-order valence-electron chi connectivity index (χ0n) is 18.8. The SMILES string of the molecule is N#Cc1cc(-c2cccc(NC(=O)C3CC3)c2)ccc1O[C@H]1CCN(C(=O)[C@@H](O)CO)CC1(F)F. The molecule has 184 valence electrons. The molecule has 1 saturated carbocycles. The van der Waals surface area contributed by atoms with Crippen molar-refractivity contribution in [2.24, 2.45) is 5.92 Å². The Bertz CT molecular complexity index is 1160. The van der Waals surface area contributed by atoms with E-state index in [9.17, 15) is 28.7 Å². The first-order chi connectivity index (χ1) is 16.7. The molecule has 2 aromatic rings. The topological polar surface area (TPSA) is 123 Å². The maximum absolute atomic E-state index is 14.7. The molecule has 0 aromatic heterocycles. The first-order valence-corrected chi connectivity index (χ1v) is 11.3. The van der Waals surface area contributed by atoms with Crippen molar-refractivity contribution in [3.8, 4) is 22.9 Å². The van der Waals surface area contributed by atoms with Crippen LogP contribution in [0, 0.1) is 17.2 Å². The largest absolute Gasteiger partial charge is 0.483 e. The number of halogens is 2. The smallest absolute Gasteiger partial charge is 0.301 e. The van der Waals surface area contributed by atoms with Crippen LogP contribution >= 0.6 is 0 Å². The second kappa shape index (κ2) is 9.98. The Morgan fingerprint density at radius 3 is 2.60 bits per heavy atom.